The van der Waals surface area contributed by atoms with Crippen molar-refractivity contribution in [3.05, 3.63) is 17.7 Å². The first-order chi connectivity index (χ1) is 10.2. The second kappa shape index (κ2) is 7.17. The van der Waals surface area contributed by atoms with Crippen molar-refractivity contribution in [1.29, 1.82) is 0 Å². The number of piperazine rings is 1. The van der Waals surface area contributed by atoms with Crippen LogP contribution in [-0.2, 0) is 0 Å². The second-order valence-corrected chi connectivity index (χ2v) is 4.95. The van der Waals surface area contributed by atoms with Gasteiger partial charge in [-0.2, -0.15) is 5.10 Å². The molecule has 1 aliphatic heterocycles. The van der Waals surface area contributed by atoms with Gasteiger partial charge in [0.2, 0.25) is 0 Å². The van der Waals surface area contributed by atoms with E-state index in [0.29, 0.717) is 17.2 Å². The molecule has 1 fully saturated rings. The van der Waals surface area contributed by atoms with Gasteiger partial charge < -0.3 is 19.1 Å². The van der Waals surface area contributed by atoms with Crippen molar-refractivity contribution in [2.45, 2.75) is 0 Å². The number of benzene rings is 1. The topological polar surface area (TPSA) is 46.5 Å². The zero-order valence-electron chi connectivity index (χ0n) is 13.1. The lowest BCUT2D eigenvalue weighted by molar-refractivity contribution is 0.159. The maximum Gasteiger partial charge on any atom is 0.135 e. The van der Waals surface area contributed by atoms with Crippen LogP contribution >= 0.6 is 0 Å². The Hall–Kier alpha value is -1.95. The Bertz CT molecular complexity index is 472. The number of methoxy groups -OCH3 is 3. The zero-order valence-corrected chi connectivity index (χ0v) is 13.1. The summed E-state index contributed by atoms with van der Waals surface area (Å²) in [5.41, 5.74) is 0.819. The number of ether oxygens (including phenoxy) is 3. The molecule has 0 atom stereocenters. The van der Waals surface area contributed by atoms with E-state index in [-0.39, 0.29) is 0 Å². The van der Waals surface area contributed by atoms with Gasteiger partial charge in [0.05, 0.1) is 33.1 Å². The van der Waals surface area contributed by atoms with Gasteiger partial charge in [-0.1, -0.05) is 0 Å². The first-order valence-electron chi connectivity index (χ1n) is 6.95. The van der Waals surface area contributed by atoms with E-state index < -0.39 is 0 Å². The number of nitrogens with zero attached hydrogens (tertiary/aromatic N) is 3. The molecule has 1 heterocycles. The Kier molecular flexibility index (Phi) is 5.27. The molecule has 0 aromatic heterocycles. The lowest BCUT2D eigenvalue weighted by Gasteiger charge is -2.30. The van der Waals surface area contributed by atoms with E-state index in [0.717, 1.165) is 31.7 Å². The Morgan fingerprint density at radius 3 is 2.00 bits per heavy atom. The molecule has 1 aromatic carbocycles. The molecule has 2 rings (SSSR count). The van der Waals surface area contributed by atoms with E-state index >= 15 is 0 Å². The molecule has 1 aliphatic rings. The van der Waals surface area contributed by atoms with Gasteiger partial charge >= 0.3 is 0 Å². The van der Waals surface area contributed by atoms with E-state index in [4.69, 9.17) is 14.2 Å². The van der Waals surface area contributed by atoms with Gasteiger partial charge in [0.1, 0.15) is 17.2 Å². The van der Waals surface area contributed by atoms with Gasteiger partial charge in [0, 0.05) is 38.3 Å². The minimum atomic E-state index is 0.684. The highest BCUT2D eigenvalue weighted by Crippen LogP contribution is 2.32. The van der Waals surface area contributed by atoms with E-state index in [1.807, 2.05) is 12.1 Å². The summed E-state index contributed by atoms with van der Waals surface area (Å²) >= 11 is 0. The maximum absolute atomic E-state index is 5.41. The third-order valence-corrected chi connectivity index (χ3v) is 3.58. The normalized spacial score (nSPS) is 16.3. The van der Waals surface area contributed by atoms with Crippen molar-refractivity contribution >= 4 is 6.21 Å². The van der Waals surface area contributed by atoms with Crippen molar-refractivity contribution in [3.63, 3.8) is 0 Å². The zero-order chi connectivity index (χ0) is 15.2. The average molecular weight is 293 g/mol. The molecule has 6 nitrogen and oxygen atoms in total. The predicted octanol–water partition coefficient (Wildman–Crippen LogP) is 1.29. The SMILES string of the molecule is COc1cc(OC)c(/C=N/N2CCN(C)CC2)c(OC)c1. The molecule has 1 aromatic rings. The summed E-state index contributed by atoms with van der Waals surface area (Å²) in [6.45, 7) is 3.89. The molecular formula is C15H23N3O3. The number of likely N-dealkylation sites (N-methyl/N-ethyl adjacent to an activating group) is 1. The minimum absolute atomic E-state index is 0.684. The van der Waals surface area contributed by atoms with Gasteiger partial charge in [-0.3, -0.25) is 5.01 Å². The van der Waals surface area contributed by atoms with Crippen LogP contribution in [0.2, 0.25) is 0 Å². The Morgan fingerprint density at radius 1 is 0.952 bits per heavy atom. The van der Waals surface area contributed by atoms with Gasteiger partial charge in [0.15, 0.2) is 0 Å². The van der Waals surface area contributed by atoms with E-state index in [9.17, 15) is 0 Å². The van der Waals surface area contributed by atoms with Gasteiger partial charge in [0.25, 0.3) is 0 Å². The summed E-state index contributed by atoms with van der Waals surface area (Å²) in [6, 6.07) is 3.65. The maximum atomic E-state index is 5.41. The van der Waals surface area contributed by atoms with E-state index in [1.165, 1.54) is 0 Å². The molecule has 0 saturated carbocycles. The highest BCUT2D eigenvalue weighted by molar-refractivity contribution is 5.88. The molecular weight excluding hydrogens is 270 g/mol. The van der Waals surface area contributed by atoms with Gasteiger partial charge in [-0.15, -0.1) is 0 Å². The summed E-state index contributed by atoms with van der Waals surface area (Å²) < 4.78 is 16.1. The number of hydrogen-bond donors (Lipinski definition) is 0. The first-order valence-corrected chi connectivity index (χ1v) is 6.95. The Labute approximate surface area is 125 Å². The first kappa shape index (κ1) is 15.4. The molecule has 116 valence electrons. The molecule has 0 bridgehead atoms. The van der Waals surface area contributed by atoms with Crippen LogP contribution in [-0.4, -0.2) is 70.7 Å². The molecule has 0 spiro atoms. The summed E-state index contributed by atoms with van der Waals surface area (Å²) in [5.74, 6) is 2.06. The Balaban J connectivity index is 2.21. The van der Waals surface area contributed by atoms with Crippen LogP contribution in [0.3, 0.4) is 0 Å². The molecule has 0 unspecified atom stereocenters. The number of rotatable bonds is 5. The third kappa shape index (κ3) is 3.78. The van der Waals surface area contributed by atoms with E-state index in [1.54, 1.807) is 27.5 Å². The van der Waals surface area contributed by atoms with Gasteiger partial charge in [-0.05, 0) is 7.05 Å². The van der Waals surface area contributed by atoms with Crippen LogP contribution < -0.4 is 14.2 Å². The molecule has 0 N–H and O–H groups in total. The van der Waals surface area contributed by atoms with Crippen molar-refractivity contribution in [2.24, 2.45) is 5.10 Å². The fourth-order valence-electron chi connectivity index (χ4n) is 2.21. The molecule has 6 heteroatoms. The van der Waals surface area contributed by atoms with Crippen LogP contribution in [0.25, 0.3) is 0 Å². The molecule has 0 amide bonds. The predicted molar refractivity (Wildman–Crippen MR) is 82.8 cm³/mol. The van der Waals surface area contributed by atoms with Crippen molar-refractivity contribution in [3.8, 4) is 17.2 Å². The monoisotopic (exact) mass is 293 g/mol. The van der Waals surface area contributed by atoms with Crippen LogP contribution in [0.15, 0.2) is 17.2 Å². The third-order valence-electron chi connectivity index (χ3n) is 3.58. The highest BCUT2D eigenvalue weighted by atomic mass is 16.5. The highest BCUT2D eigenvalue weighted by Gasteiger charge is 2.14. The number of hydrogen-bond acceptors (Lipinski definition) is 6. The number of hydrazone groups is 1. The molecule has 0 radical (unpaired) electrons. The standard InChI is InChI=1S/C15H23N3O3/c1-17-5-7-18(8-6-17)16-11-13-14(20-3)9-12(19-2)10-15(13)21-4/h9-11H,5-8H2,1-4H3/b16-11+. The van der Waals surface area contributed by atoms with Crippen molar-refractivity contribution < 1.29 is 14.2 Å². The van der Waals surface area contributed by atoms with Crippen molar-refractivity contribution in [2.75, 3.05) is 54.6 Å². The van der Waals surface area contributed by atoms with Crippen molar-refractivity contribution in [1.82, 2.24) is 9.91 Å². The lowest BCUT2D eigenvalue weighted by atomic mass is 10.2. The molecule has 21 heavy (non-hydrogen) atoms. The largest absolute Gasteiger partial charge is 0.496 e. The van der Waals surface area contributed by atoms with Crippen LogP contribution in [0.5, 0.6) is 17.2 Å². The fraction of sp³-hybridized carbons (Fsp3) is 0.533. The lowest BCUT2D eigenvalue weighted by Crippen LogP contribution is -2.41. The van der Waals surface area contributed by atoms with Gasteiger partial charge in [-0.25, -0.2) is 0 Å². The van der Waals surface area contributed by atoms with Crippen LogP contribution in [0.4, 0.5) is 0 Å². The Morgan fingerprint density at radius 2 is 1.52 bits per heavy atom. The fourth-order valence-corrected chi connectivity index (χ4v) is 2.21. The summed E-state index contributed by atoms with van der Waals surface area (Å²) in [4.78, 5) is 2.29. The summed E-state index contributed by atoms with van der Waals surface area (Å²) in [6.07, 6.45) is 1.79. The second-order valence-electron chi connectivity index (χ2n) is 4.95. The quantitative estimate of drug-likeness (QED) is 0.766. The van der Waals surface area contributed by atoms with E-state index in [2.05, 4.69) is 22.1 Å². The van der Waals surface area contributed by atoms with Crippen LogP contribution in [0, 0.1) is 0 Å². The smallest absolute Gasteiger partial charge is 0.135 e. The summed E-state index contributed by atoms with van der Waals surface area (Å²) in [5, 5.41) is 6.60. The average Bonchev–Trinajstić information content (AvgIpc) is 2.53. The molecule has 0 aliphatic carbocycles. The minimum Gasteiger partial charge on any atom is -0.496 e. The summed E-state index contributed by atoms with van der Waals surface area (Å²) in [7, 11) is 6.99. The van der Waals surface area contributed by atoms with Crippen LogP contribution in [0.1, 0.15) is 5.56 Å². The molecule has 1 saturated heterocycles.